The van der Waals surface area contributed by atoms with Crippen LogP contribution in [-0.2, 0) is 4.79 Å². The van der Waals surface area contributed by atoms with Gasteiger partial charge in [0.25, 0.3) is 5.91 Å². The Kier molecular flexibility index (Phi) is 5.63. The second kappa shape index (κ2) is 7.69. The second-order valence-electron chi connectivity index (χ2n) is 5.28. The van der Waals surface area contributed by atoms with E-state index < -0.39 is 24.5 Å². The van der Waals surface area contributed by atoms with Gasteiger partial charge in [-0.15, -0.1) is 5.10 Å². The zero-order chi connectivity index (χ0) is 18.6. The fourth-order valence-corrected chi connectivity index (χ4v) is 2.16. The van der Waals surface area contributed by atoms with Crippen molar-refractivity contribution in [3.05, 3.63) is 35.7 Å². The molecule has 0 bridgehead atoms. The third kappa shape index (κ3) is 4.72. The van der Waals surface area contributed by atoms with E-state index in [1.54, 1.807) is 13.8 Å². The van der Waals surface area contributed by atoms with Crippen LogP contribution in [0.3, 0.4) is 0 Å². The summed E-state index contributed by atoms with van der Waals surface area (Å²) in [6, 6.07) is 5.11. The Morgan fingerprint density at radius 1 is 1.32 bits per heavy atom. The lowest BCUT2D eigenvalue weighted by Crippen LogP contribution is -2.34. The number of benzene rings is 1. The number of aromatic nitrogens is 3. The van der Waals surface area contributed by atoms with Gasteiger partial charge in [-0.1, -0.05) is 5.21 Å². The molecule has 0 radical (unpaired) electrons. The summed E-state index contributed by atoms with van der Waals surface area (Å²) in [5.41, 5.74) is 0.969. The van der Waals surface area contributed by atoms with Crippen LogP contribution in [0.15, 0.2) is 24.3 Å². The molecule has 1 atom stereocenters. The van der Waals surface area contributed by atoms with Gasteiger partial charge >= 0.3 is 12.6 Å². The number of hydrogen-bond acceptors (Lipinski definition) is 5. The minimum absolute atomic E-state index is 0.00280. The zero-order valence-electron chi connectivity index (χ0n) is 13.4. The van der Waals surface area contributed by atoms with E-state index in [0.717, 1.165) is 0 Å². The highest BCUT2D eigenvalue weighted by molar-refractivity contribution is 5.93. The van der Waals surface area contributed by atoms with E-state index in [4.69, 9.17) is 5.11 Å². The van der Waals surface area contributed by atoms with E-state index in [2.05, 4.69) is 20.4 Å². The van der Waals surface area contributed by atoms with Crippen LogP contribution in [-0.4, -0.2) is 44.6 Å². The van der Waals surface area contributed by atoms with Crippen molar-refractivity contribution in [2.24, 2.45) is 0 Å². The van der Waals surface area contributed by atoms with E-state index >= 15 is 0 Å². The summed E-state index contributed by atoms with van der Waals surface area (Å²) in [5, 5.41) is 18.9. The number of amides is 1. The number of hydrogen-bond donors (Lipinski definition) is 2. The number of aliphatic carboxylic acids is 1. The van der Waals surface area contributed by atoms with E-state index in [1.165, 1.54) is 28.9 Å². The summed E-state index contributed by atoms with van der Waals surface area (Å²) < 4.78 is 29.9. The predicted octanol–water partition coefficient (Wildman–Crippen LogP) is 1.77. The molecule has 0 spiro atoms. The number of nitrogens with one attached hydrogen (secondary N) is 1. The van der Waals surface area contributed by atoms with Gasteiger partial charge in [0.05, 0.1) is 17.8 Å². The molecule has 1 aromatic carbocycles. The quantitative estimate of drug-likeness (QED) is 0.785. The van der Waals surface area contributed by atoms with Gasteiger partial charge < -0.3 is 15.2 Å². The topological polar surface area (TPSA) is 106 Å². The highest BCUT2D eigenvalue weighted by Crippen LogP contribution is 2.18. The average molecular weight is 354 g/mol. The summed E-state index contributed by atoms with van der Waals surface area (Å²) in [6.07, 6.45) is -0.218. The molecule has 2 N–H and O–H groups in total. The fourth-order valence-electron chi connectivity index (χ4n) is 2.16. The van der Waals surface area contributed by atoms with E-state index in [1.807, 2.05) is 0 Å². The monoisotopic (exact) mass is 354 g/mol. The Morgan fingerprint density at radius 2 is 1.96 bits per heavy atom. The van der Waals surface area contributed by atoms with Crippen molar-refractivity contribution in [1.29, 1.82) is 0 Å². The van der Waals surface area contributed by atoms with Gasteiger partial charge in [-0.3, -0.25) is 9.59 Å². The first-order valence-corrected chi connectivity index (χ1v) is 7.28. The average Bonchev–Trinajstić information content (AvgIpc) is 2.88. The highest BCUT2D eigenvalue weighted by atomic mass is 19.3. The number of carboxylic acids is 1. The van der Waals surface area contributed by atoms with Crippen molar-refractivity contribution in [3.63, 3.8) is 0 Å². The van der Waals surface area contributed by atoms with Crippen molar-refractivity contribution in [1.82, 2.24) is 20.3 Å². The maximum absolute atomic E-state index is 12.2. The van der Waals surface area contributed by atoms with E-state index in [9.17, 15) is 18.4 Å². The van der Waals surface area contributed by atoms with E-state index in [-0.39, 0.29) is 17.9 Å². The van der Waals surface area contributed by atoms with Crippen molar-refractivity contribution in [2.75, 3.05) is 0 Å². The maximum atomic E-state index is 12.2. The number of nitrogens with zero attached hydrogens (tertiary/aromatic N) is 3. The lowest BCUT2D eigenvalue weighted by atomic mass is 10.2. The fraction of sp³-hybridized carbons (Fsp3) is 0.333. The van der Waals surface area contributed by atoms with Crippen molar-refractivity contribution in [2.45, 2.75) is 32.9 Å². The molecule has 0 aliphatic heterocycles. The molecule has 0 fully saturated rings. The second-order valence-corrected chi connectivity index (χ2v) is 5.28. The van der Waals surface area contributed by atoms with Gasteiger partial charge in [-0.2, -0.15) is 8.78 Å². The predicted molar refractivity (Wildman–Crippen MR) is 81.9 cm³/mol. The molecule has 1 amide bonds. The van der Waals surface area contributed by atoms with Crippen LogP contribution < -0.4 is 10.1 Å². The smallest absolute Gasteiger partial charge is 0.387 e. The van der Waals surface area contributed by atoms with Crippen LogP contribution in [0.1, 0.15) is 29.5 Å². The van der Waals surface area contributed by atoms with Gasteiger partial charge in [0.1, 0.15) is 5.75 Å². The van der Waals surface area contributed by atoms with Crippen molar-refractivity contribution < 1.29 is 28.2 Å². The highest BCUT2D eigenvalue weighted by Gasteiger charge is 2.20. The molecule has 134 valence electrons. The van der Waals surface area contributed by atoms with Crippen LogP contribution in [0, 0.1) is 6.92 Å². The Labute approximate surface area is 141 Å². The summed E-state index contributed by atoms with van der Waals surface area (Å²) >= 11 is 0. The Hall–Kier alpha value is -3.04. The van der Waals surface area contributed by atoms with Crippen LogP contribution in [0.2, 0.25) is 0 Å². The van der Waals surface area contributed by atoms with E-state index in [0.29, 0.717) is 11.4 Å². The normalized spacial score (nSPS) is 12.0. The molecule has 0 aliphatic carbocycles. The molecule has 2 rings (SSSR count). The summed E-state index contributed by atoms with van der Waals surface area (Å²) in [5.74, 6) is -1.58. The number of rotatable bonds is 7. The van der Waals surface area contributed by atoms with Crippen LogP contribution in [0.25, 0.3) is 5.69 Å². The molecule has 1 unspecified atom stereocenters. The maximum Gasteiger partial charge on any atom is 0.387 e. The van der Waals surface area contributed by atoms with Gasteiger partial charge in [0.2, 0.25) is 0 Å². The number of alkyl halides is 2. The minimum atomic E-state index is -2.91. The van der Waals surface area contributed by atoms with Crippen molar-refractivity contribution >= 4 is 11.9 Å². The molecule has 0 aliphatic rings. The SMILES string of the molecule is Cc1c(C(=O)NC(C)CC(=O)O)nnn1-c1ccc(OC(F)F)cc1. The van der Waals surface area contributed by atoms with Crippen LogP contribution in [0.5, 0.6) is 5.75 Å². The van der Waals surface area contributed by atoms with Crippen molar-refractivity contribution in [3.8, 4) is 11.4 Å². The molecule has 1 aromatic heterocycles. The summed E-state index contributed by atoms with van der Waals surface area (Å²) in [6.45, 7) is 0.260. The Bertz CT molecular complexity index is 761. The number of carboxylic acid groups (broad SMARTS) is 1. The van der Waals surface area contributed by atoms with Gasteiger partial charge in [-0.25, -0.2) is 4.68 Å². The third-order valence-corrected chi connectivity index (χ3v) is 3.27. The first-order chi connectivity index (χ1) is 11.8. The standard InChI is InChI=1S/C15H16F2N4O4/c1-8(7-12(22)23)18-14(24)13-9(2)21(20-19-13)10-3-5-11(6-4-10)25-15(16)17/h3-6,8,15H,7H2,1-2H3,(H,18,24)(H,22,23). The molecule has 0 saturated heterocycles. The van der Waals surface area contributed by atoms with Crippen LogP contribution in [0.4, 0.5) is 8.78 Å². The minimum Gasteiger partial charge on any atom is -0.481 e. The molecule has 25 heavy (non-hydrogen) atoms. The lowest BCUT2D eigenvalue weighted by Gasteiger charge is -2.10. The molecule has 8 nitrogen and oxygen atoms in total. The summed E-state index contributed by atoms with van der Waals surface area (Å²) in [4.78, 5) is 22.8. The molecule has 0 saturated carbocycles. The van der Waals surface area contributed by atoms with Gasteiger partial charge in [-0.05, 0) is 38.1 Å². The first kappa shape index (κ1) is 18.3. The number of carbonyl (C=O) groups excluding carboxylic acids is 1. The molecular weight excluding hydrogens is 338 g/mol. The summed E-state index contributed by atoms with van der Waals surface area (Å²) in [7, 11) is 0. The molecule has 10 heteroatoms. The molecule has 2 aromatic rings. The number of halogens is 2. The third-order valence-electron chi connectivity index (χ3n) is 3.27. The van der Waals surface area contributed by atoms with Crippen LogP contribution >= 0.6 is 0 Å². The number of ether oxygens (including phenoxy) is 1. The van der Waals surface area contributed by atoms with Gasteiger partial charge in [0.15, 0.2) is 5.69 Å². The lowest BCUT2D eigenvalue weighted by molar-refractivity contribution is -0.137. The number of carbonyl (C=O) groups is 2. The molecular formula is C15H16F2N4O4. The Balaban J connectivity index is 2.14. The zero-order valence-corrected chi connectivity index (χ0v) is 13.4. The van der Waals surface area contributed by atoms with Gasteiger partial charge in [0, 0.05) is 6.04 Å². The first-order valence-electron chi connectivity index (χ1n) is 7.28. The Morgan fingerprint density at radius 3 is 2.52 bits per heavy atom. The largest absolute Gasteiger partial charge is 0.481 e. The molecule has 1 heterocycles.